The van der Waals surface area contributed by atoms with Gasteiger partial charge in [-0.3, -0.25) is 4.90 Å². The molecule has 0 amide bonds. The van der Waals surface area contributed by atoms with E-state index in [0.29, 0.717) is 37.2 Å². The van der Waals surface area contributed by atoms with Gasteiger partial charge in [-0.05, 0) is 37.1 Å². The van der Waals surface area contributed by atoms with Crippen LogP contribution in [0.4, 0.5) is 4.39 Å². The fraction of sp³-hybridized carbons (Fsp3) is 0.370. The molecule has 1 heterocycles. The number of aliphatic hydroxyl groups excluding tert-OH is 1. The summed E-state index contributed by atoms with van der Waals surface area (Å²) in [7, 11) is 0. The van der Waals surface area contributed by atoms with Gasteiger partial charge in [0.15, 0.2) is 0 Å². The van der Waals surface area contributed by atoms with Gasteiger partial charge in [0.1, 0.15) is 11.6 Å². The van der Waals surface area contributed by atoms with Gasteiger partial charge >= 0.3 is 0 Å². The minimum absolute atomic E-state index is 0.232. The first-order valence-corrected chi connectivity index (χ1v) is 11.5. The van der Waals surface area contributed by atoms with Crippen molar-refractivity contribution in [1.29, 1.82) is 0 Å². The summed E-state index contributed by atoms with van der Waals surface area (Å²) in [6.07, 6.45) is 1.02. The number of benzene rings is 2. The zero-order valence-corrected chi connectivity index (χ0v) is 20.2. The number of rotatable bonds is 13. The highest BCUT2D eigenvalue weighted by molar-refractivity contribution is 5.43. The third kappa shape index (κ3) is 7.25. The van der Waals surface area contributed by atoms with E-state index in [1.807, 2.05) is 37.3 Å². The zero-order valence-electron chi connectivity index (χ0n) is 20.2. The average molecular weight is 468 g/mol. The Morgan fingerprint density at radius 1 is 1.15 bits per heavy atom. The Balaban J connectivity index is 1.94. The lowest BCUT2D eigenvalue weighted by molar-refractivity contribution is 0.0222. The van der Waals surface area contributed by atoms with E-state index in [-0.39, 0.29) is 12.4 Å². The van der Waals surface area contributed by atoms with Crippen LogP contribution in [0.3, 0.4) is 0 Å². The Kier molecular flexibility index (Phi) is 9.39. The summed E-state index contributed by atoms with van der Waals surface area (Å²) in [5.74, 6) is 0.941. The van der Waals surface area contributed by atoms with Crippen LogP contribution >= 0.6 is 0 Å². The minimum atomic E-state index is -0.643. The van der Waals surface area contributed by atoms with Crippen LogP contribution in [0, 0.1) is 18.7 Å². The van der Waals surface area contributed by atoms with Crippen LogP contribution in [0.5, 0.6) is 11.6 Å². The molecule has 0 spiro atoms. The highest BCUT2D eigenvalue weighted by Gasteiger charge is 2.23. The van der Waals surface area contributed by atoms with Crippen molar-refractivity contribution in [3.63, 3.8) is 0 Å². The fourth-order valence-electron chi connectivity index (χ4n) is 3.79. The predicted molar refractivity (Wildman–Crippen MR) is 132 cm³/mol. The predicted octanol–water partition coefficient (Wildman–Crippen LogP) is 5.13. The van der Waals surface area contributed by atoms with Crippen molar-refractivity contribution in [1.82, 2.24) is 14.7 Å². The third-order valence-corrected chi connectivity index (χ3v) is 5.17. The molecular weight excluding hydrogens is 433 g/mol. The van der Waals surface area contributed by atoms with Crippen LogP contribution in [-0.4, -0.2) is 52.2 Å². The molecule has 0 saturated heterocycles. The lowest BCUT2D eigenvalue weighted by Gasteiger charge is -2.27. The lowest BCUT2D eigenvalue weighted by Crippen LogP contribution is -2.37. The molecule has 0 radical (unpaired) electrons. The summed E-state index contributed by atoms with van der Waals surface area (Å²) in [5.41, 5.74) is 2.53. The number of hydrogen-bond acceptors (Lipinski definition) is 5. The first kappa shape index (κ1) is 25.6. The summed E-state index contributed by atoms with van der Waals surface area (Å²) >= 11 is 0. The first-order chi connectivity index (χ1) is 16.4. The van der Waals surface area contributed by atoms with E-state index in [0.717, 1.165) is 23.5 Å². The Morgan fingerprint density at radius 3 is 2.59 bits per heavy atom. The van der Waals surface area contributed by atoms with E-state index in [2.05, 4.69) is 25.3 Å². The highest BCUT2D eigenvalue weighted by atomic mass is 19.1. The third-order valence-electron chi connectivity index (χ3n) is 5.17. The van der Waals surface area contributed by atoms with Gasteiger partial charge in [-0.15, -0.1) is 6.58 Å². The number of halogens is 1. The van der Waals surface area contributed by atoms with Crippen molar-refractivity contribution in [3.8, 4) is 17.3 Å². The maximum Gasteiger partial charge on any atom is 0.227 e. The molecular formula is C27H34FN3O3. The van der Waals surface area contributed by atoms with Gasteiger partial charge in [-0.1, -0.05) is 44.2 Å². The van der Waals surface area contributed by atoms with Crippen molar-refractivity contribution in [2.45, 2.75) is 33.4 Å². The quantitative estimate of drug-likeness (QED) is 0.279. The van der Waals surface area contributed by atoms with Crippen LogP contribution in [0.2, 0.25) is 0 Å². The molecule has 0 aliphatic carbocycles. The second-order valence-electron chi connectivity index (χ2n) is 8.74. The topological polar surface area (TPSA) is 59.8 Å². The molecule has 1 unspecified atom stereocenters. The molecule has 3 aromatic rings. The van der Waals surface area contributed by atoms with Gasteiger partial charge in [0.05, 0.1) is 36.3 Å². The summed E-state index contributed by atoms with van der Waals surface area (Å²) in [5, 5.41) is 15.3. The van der Waals surface area contributed by atoms with E-state index in [1.54, 1.807) is 22.9 Å². The number of aliphatic hydroxyl groups is 1. The number of aromatic nitrogens is 2. The first-order valence-electron chi connectivity index (χ1n) is 11.5. The molecule has 0 saturated carbocycles. The Hall–Kier alpha value is -3.00. The van der Waals surface area contributed by atoms with Crippen LogP contribution in [0.1, 0.15) is 25.1 Å². The summed E-state index contributed by atoms with van der Waals surface area (Å²) < 4.78 is 27.3. The van der Waals surface area contributed by atoms with Crippen molar-refractivity contribution in [2.24, 2.45) is 5.92 Å². The monoisotopic (exact) mass is 467 g/mol. The Bertz CT molecular complexity index is 1050. The second kappa shape index (κ2) is 12.5. The molecule has 1 atom stereocenters. The van der Waals surface area contributed by atoms with Crippen LogP contribution in [0.15, 0.2) is 67.3 Å². The number of aryl methyl sites for hydroxylation is 1. The fourth-order valence-corrected chi connectivity index (χ4v) is 3.79. The van der Waals surface area contributed by atoms with E-state index in [1.165, 1.54) is 12.1 Å². The van der Waals surface area contributed by atoms with Crippen molar-refractivity contribution in [3.05, 3.63) is 84.3 Å². The average Bonchev–Trinajstić information content (AvgIpc) is 3.09. The number of nitrogens with zero attached hydrogens (tertiary/aromatic N) is 3. The van der Waals surface area contributed by atoms with Crippen LogP contribution in [-0.2, 0) is 11.3 Å². The largest absolute Gasteiger partial charge is 0.438 e. The van der Waals surface area contributed by atoms with Gasteiger partial charge in [0, 0.05) is 25.7 Å². The molecule has 6 nitrogen and oxygen atoms in total. The number of para-hydroxylation sites is 1. The summed E-state index contributed by atoms with van der Waals surface area (Å²) in [6.45, 7) is 12.2. The maximum absolute atomic E-state index is 13.9. The summed E-state index contributed by atoms with van der Waals surface area (Å²) in [6, 6.07) is 15.8. The molecule has 182 valence electrons. The van der Waals surface area contributed by atoms with Crippen molar-refractivity contribution < 1.29 is 19.0 Å². The number of ether oxygens (including phenoxy) is 2. The Labute approximate surface area is 201 Å². The summed E-state index contributed by atoms with van der Waals surface area (Å²) in [4.78, 5) is 2.17. The SMILES string of the molecule is C=CCOCC(O)CN(Cc1c(C)nn(-c2ccccc2)c1Oc1cccc(F)c1)CC(C)C. The molecule has 0 fully saturated rings. The highest BCUT2D eigenvalue weighted by Crippen LogP contribution is 2.32. The van der Waals surface area contributed by atoms with Gasteiger partial charge in [0.2, 0.25) is 5.88 Å². The molecule has 0 aliphatic rings. The van der Waals surface area contributed by atoms with E-state index < -0.39 is 6.10 Å². The molecule has 34 heavy (non-hydrogen) atoms. The molecule has 0 aliphatic heterocycles. The van der Waals surface area contributed by atoms with E-state index in [9.17, 15) is 9.50 Å². The van der Waals surface area contributed by atoms with Gasteiger partial charge in [-0.25, -0.2) is 9.07 Å². The van der Waals surface area contributed by atoms with Crippen molar-refractivity contribution >= 4 is 0 Å². The molecule has 1 aromatic heterocycles. The normalized spacial score (nSPS) is 12.3. The smallest absolute Gasteiger partial charge is 0.227 e. The molecule has 3 rings (SSSR count). The lowest BCUT2D eigenvalue weighted by atomic mass is 10.1. The standard InChI is InChI=1S/C27H34FN3O3/c1-5-14-33-19-24(32)17-30(16-20(2)3)18-26-21(4)29-31(23-11-7-6-8-12-23)27(26)34-25-13-9-10-22(28)15-25/h5-13,15,20,24,32H,1,14,16-19H2,2-4H3. The van der Waals surface area contributed by atoms with Crippen molar-refractivity contribution in [2.75, 3.05) is 26.3 Å². The van der Waals surface area contributed by atoms with Gasteiger partial charge in [0.25, 0.3) is 0 Å². The molecule has 2 aromatic carbocycles. The number of hydrogen-bond donors (Lipinski definition) is 1. The molecule has 0 bridgehead atoms. The van der Waals surface area contributed by atoms with E-state index in [4.69, 9.17) is 14.6 Å². The van der Waals surface area contributed by atoms with Gasteiger partial charge in [-0.2, -0.15) is 5.10 Å². The van der Waals surface area contributed by atoms with Crippen LogP contribution in [0.25, 0.3) is 5.69 Å². The van der Waals surface area contributed by atoms with Gasteiger partial charge < -0.3 is 14.6 Å². The molecule has 1 N–H and O–H groups in total. The minimum Gasteiger partial charge on any atom is -0.438 e. The zero-order chi connectivity index (χ0) is 24.5. The second-order valence-corrected chi connectivity index (χ2v) is 8.74. The maximum atomic E-state index is 13.9. The van der Waals surface area contributed by atoms with Crippen LogP contribution < -0.4 is 4.74 Å². The molecule has 7 heteroatoms. The van der Waals surface area contributed by atoms with E-state index >= 15 is 0 Å². The Morgan fingerprint density at radius 2 is 1.91 bits per heavy atom.